The summed E-state index contributed by atoms with van der Waals surface area (Å²) in [5, 5.41) is 5.77. The molecule has 6 nitrogen and oxygen atoms in total. The van der Waals surface area contributed by atoms with Crippen molar-refractivity contribution in [3.63, 3.8) is 0 Å². The van der Waals surface area contributed by atoms with E-state index in [1.165, 1.54) is 0 Å². The second-order valence-corrected chi connectivity index (χ2v) is 9.20. The number of halogens is 1. The van der Waals surface area contributed by atoms with Crippen LogP contribution in [0.5, 0.6) is 0 Å². The van der Waals surface area contributed by atoms with Gasteiger partial charge in [-0.1, -0.05) is 6.07 Å². The van der Waals surface area contributed by atoms with Crippen LogP contribution in [0.4, 0.5) is 11.4 Å². The highest BCUT2D eigenvalue weighted by atomic mass is 127. The van der Waals surface area contributed by atoms with Crippen LogP contribution < -0.4 is 10.6 Å². The van der Waals surface area contributed by atoms with Gasteiger partial charge < -0.3 is 15.4 Å². The second kappa shape index (κ2) is 7.12. The average Bonchev–Trinajstić information content (AvgIpc) is 3.32. The van der Waals surface area contributed by atoms with E-state index in [1.807, 2.05) is 24.3 Å². The summed E-state index contributed by atoms with van der Waals surface area (Å²) < 4.78 is 6.50. The molecule has 2 bridgehead atoms. The molecule has 7 heteroatoms. The number of esters is 1. The van der Waals surface area contributed by atoms with Crippen molar-refractivity contribution in [1.29, 1.82) is 0 Å². The molecular formula is C22H19IN2O4. The van der Waals surface area contributed by atoms with Crippen LogP contribution in [0, 0.1) is 27.2 Å². The predicted molar refractivity (Wildman–Crippen MR) is 115 cm³/mol. The minimum absolute atomic E-state index is 0.00911. The number of carbonyl (C=O) groups is 3. The van der Waals surface area contributed by atoms with E-state index in [9.17, 15) is 14.4 Å². The first-order valence-corrected chi connectivity index (χ1v) is 10.8. The molecule has 5 rings (SSSR count). The molecule has 2 N–H and O–H groups in total. The van der Waals surface area contributed by atoms with E-state index in [4.69, 9.17) is 4.74 Å². The molecule has 2 aromatic rings. The maximum absolute atomic E-state index is 12.9. The van der Waals surface area contributed by atoms with Crippen LogP contribution in [-0.4, -0.2) is 23.9 Å². The minimum atomic E-state index is -0.337. The van der Waals surface area contributed by atoms with Gasteiger partial charge in [0.1, 0.15) is 6.10 Å². The Balaban J connectivity index is 1.29. The normalized spacial score (nSPS) is 28.9. The Morgan fingerprint density at radius 3 is 2.59 bits per heavy atom. The van der Waals surface area contributed by atoms with Gasteiger partial charge in [-0.25, -0.2) is 0 Å². The summed E-state index contributed by atoms with van der Waals surface area (Å²) in [5.74, 6) is -0.894. The van der Waals surface area contributed by atoms with Crippen molar-refractivity contribution in [3.8, 4) is 0 Å². The fraction of sp³-hybridized carbons (Fsp3) is 0.318. The molecular weight excluding hydrogens is 483 g/mol. The van der Waals surface area contributed by atoms with Crippen LogP contribution in [0.2, 0.25) is 0 Å². The van der Waals surface area contributed by atoms with E-state index in [-0.39, 0.29) is 47.6 Å². The van der Waals surface area contributed by atoms with Crippen molar-refractivity contribution in [3.05, 3.63) is 57.7 Å². The van der Waals surface area contributed by atoms with Gasteiger partial charge in [-0.15, -0.1) is 0 Å². The van der Waals surface area contributed by atoms with Gasteiger partial charge >= 0.3 is 5.97 Å². The molecule has 3 aliphatic rings. The summed E-state index contributed by atoms with van der Waals surface area (Å²) in [6, 6.07) is 14.4. The Hall–Kier alpha value is -2.42. The molecule has 0 radical (unpaired) electrons. The van der Waals surface area contributed by atoms with Crippen molar-refractivity contribution in [2.24, 2.45) is 23.7 Å². The molecule has 1 saturated heterocycles. The van der Waals surface area contributed by atoms with Crippen LogP contribution >= 0.6 is 22.6 Å². The Morgan fingerprint density at radius 2 is 1.79 bits per heavy atom. The van der Waals surface area contributed by atoms with Crippen LogP contribution in [0.25, 0.3) is 0 Å². The molecule has 5 atom stereocenters. The zero-order valence-electron chi connectivity index (χ0n) is 15.4. The number of anilines is 2. The van der Waals surface area contributed by atoms with Crippen molar-refractivity contribution in [2.45, 2.75) is 18.9 Å². The van der Waals surface area contributed by atoms with Crippen molar-refractivity contribution in [2.75, 3.05) is 10.6 Å². The maximum Gasteiger partial charge on any atom is 0.310 e. The fourth-order valence-electron chi connectivity index (χ4n) is 5.06. The third-order valence-electron chi connectivity index (χ3n) is 6.28. The van der Waals surface area contributed by atoms with E-state index in [0.29, 0.717) is 16.9 Å². The fourth-order valence-corrected chi connectivity index (χ4v) is 5.42. The lowest BCUT2D eigenvalue weighted by Gasteiger charge is -2.23. The third kappa shape index (κ3) is 3.31. The number of benzene rings is 2. The topological polar surface area (TPSA) is 84.5 Å². The molecule has 2 amide bonds. The first kappa shape index (κ1) is 18.6. The van der Waals surface area contributed by atoms with E-state index in [1.54, 1.807) is 24.3 Å². The number of hydrogen-bond acceptors (Lipinski definition) is 4. The highest BCUT2D eigenvalue weighted by Crippen LogP contribution is 2.57. The van der Waals surface area contributed by atoms with E-state index < -0.39 is 0 Å². The van der Waals surface area contributed by atoms with Crippen molar-refractivity contribution in [1.82, 2.24) is 0 Å². The number of nitrogens with one attached hydrogen (secondary N) is 2. The monoisotopic (exact) mass is 502 g/mol. The van der Waals surface area contributed by atoms with Gasteiger partial charge in [-0.05, 0) is 83.8 Å². The standard InChI is InChI=1S/C22H19IN2O4/c23-13-4-6-14(7-5-13)24-20(26)11-2-1-3-15(8-11)25-21(27)18-12-9-16-17(10-12)29-22(28)19(16)18/h1-8,12,16-19H,9-10H2,(H,24,26)(H,25,27)/t12-,16+,17-,18-,19-/m1/s1. The van der Waals surface area contributed by atoms with Gasteiger partial charge in [0.05, 0.1) is 11.8 Å². The summed E-state index contributed by atoms with van der Waals surface area (Å²) in [6.07, 6.45) is 1.68. The number of rotatable bonds is 4. The smallest absolute Gasteiger partial charge is 0.310 e. The van der Waals surface area contributed by atoms with E-state index >= 15 is 0 Å². The van der Waals surface area contributed by atoms with Gasteiger partial charge in [-0.2, -0.15) is 0 Å². The Morgan fingerprint density at radius 1 is 1.00 bits per heavy atom. The number of carbonyl (C=O) groups excluding carboxylic acids is 3. The summed E-state index contributed by atoms with van der Waals surface area (Å²) in [5.41, 5.74) is 1.71. The van der Waals surface area contributed by atoms with Gasteiger partial charge in [0.25, 0.3) is 5.91 Å². The lowest BCUT2D eigenvalue weighted by atomic mass is 9.79. The highest BCUT2D eigenvalue weighted by molar-refractivity contribution is 14.1. The summed E-state index contributed by atoms with van der Waals surface area (Å²) in [7, 11) is 0. The number of fused-ring (bicyclic) bond motifs is 1. The molecule has 3 fully saturated rings. The number of hydrogen-bond donors (Lipinski definition) is 2. The highest BCUT2D eigenvalue weighted by Gasteiger charge is 2.63. The van der Waals surface area contributed by atoms with E-state index in [0.717, 1.165) is 16.4 Å². The van der Waals surface area contributed by atoms with Crippen LogP contribution in [0.3, 0.4) is 0 Å². The van der Waals surface area contributed by atoms with Crippen LogP contribution in [-0.2, 0) is 14.3 Å². The summed E-state index contributed by atoms with van der Waals surface area (Å²) in [6.45, 7) is 0. The number of ether oxygens (including phenoxy) is 1. The average molecular weight is 502 g/mol. The molecule has 1 heterocycles. The number of amides is 2. The molecule has 29 heavy (non-hydrogen) atoms. The molecule has 2 saturated carbocycles. The summed E-state index contributed by atoms with van der Waals surface area (Å²) >= 11 is 2.21. The molecule has 0 spiro atoms. The molecule has 2 aliphatic carbocycles. The van der Waals surface area contributed by atoms with Crippen LogP contribution in [0.1, 0.15) is 23.2 Å². The molecule has 2 aromatic carbocycles. The zero-order chi connectivity index (χ0) is 20.1. The minimum Gasteiger partial charge on any atom is -0.462 e. The molecule has 0 unspecified atom stereocenters. The second-order valence-electron chi connectivity index (χ2n) is 7.95. The van der Waals surface area contributed by atoms with Crippen molar-refractivity contribution >= 4 is 51.7 Å². The largest absolute Gasteiger partial charge is 0.462 e. The first-order chi connectivity index (χ1) is 14.0. The predicted octanol–water partition coefficient (Wildman–Crippen LogP) is 3.68. The molecule has 0 aromatic heterocycles. The third-order valence-corrected chi connectivity index (χ3v) is 7.00. The Labute approximate surface area is 181 Å². The summed E-state index contributed by atoms with van der Waals surface area (Å²) in [4.78, 5) is 37.6. The Kier molecular flexibility index (Phi) is 4.57. The SMILES string of the molecule is O=C(Nc1ccc(I)cc1)c1cccc(NC(=O)[C@@H]2[C@@H]3C[C@@H]4[C@H]2C(=O)O[C@@H]4C3)c1. The molecule has 148 valence electrons. The van der Waals surface area contributed by atoms with Gasteiger partial charge in [0.2, 0.25) is 5.91 Å². The lowest BCUT2D eigenvalue weighted by molar-refractivity contribution is -0.145. The van der Waals surface area contributed by atoms with Gasteiger partial charge in [0.15, 0.2) is 0 Å². The lowest BCUT2D eigenvalue weighted by Crippen LogP contribution is -2.35. The van der Waals surface area contributed by atoms with Crippen molar-refractivity contribution < 1.29 is 19.1 Å². The quantitative estimate of drug-likeness (QED) is 0.494. The van der Waals surface area contributed by atoms with E-state index in [2.05, 4.69) is 33.2 Å². The molecule has 1 aliphatic heterocycles. The Bertz CT molecular complexity index is 1000. The first-order valence-electron chi connectivity index (χ1n) is 9.68. The zero-order valence-corrected chi connectivity index (χ0v) is 17.6. The van der Waals surface area contributed by atoms with Gasteiger partial charge in [0, 0.05) is 26.4 Å². The van der Waals surface area contributed by atoms with Gasteiger partial charge in [-0.3, -0.25) is 14.4 Å². The maximum atomic E-state index is 12.9. The van der Waals surface area contributed by atoms with Crippen LogP contribution in [0.15, 0.2) is 48.5 Å².